The lowest BCUT2D eigenvalue weighted by molar-refractivity contribution is -0.947. The number of hydrogen-bond donors (Lipinski definition) is 0. The van der Waals surface area contributed by atoms with E-state index in [0.29, 0.717) is 0 Å². The second-order valence-electron chi connectivity index (χ2n) is 5.27. The second kappa shape index (κ2) is 9.04. The van der Waals surface area contributed by atoms with Gasteiger partial charge in [-0.2, -0.15) is 0 Å². The van der Waals surface area contributed by atoms with Gasteiger partial charge >= 0.3 is 0 Å². The monoisotopic (exact) mass is 228 g/mol. The second-order valence-corrected chi connectivity index (χ2v) is 5.27. The first-order valence-electron chi connectivity index (χ1n) is 7.52. The van der Waals surface area contributed by atoms with Gasteiger partial charge < -0.3 is 4.48 Å². The SMILES string of the molecule is CCCCC[N+](CC)(CC)C(C)CCCC. The van der Waals surface area contributed by atoms with E-state index < -0.39 is 0 Å². The van der Waals surface area contributed by atoms with Crippen molar-refractivity contribution < 1.29 is 4.48 Å². The van der Waals surface area contributed by atoms with Crippen LogP contribution in [0.25, 0.3) is 0 Å². The van der Waals surface area contributed by atoms with Crippen molar-refractivity contribution in [3.05, 3.63) is 0 Å². The zero-order chi connectivity index (χ0) is 12.4. The molecule has 0 saturated heterocycles. The first-order chi connectivity index (χ1) is 7.66. The van der Waals surface area contributed by atoms with Crippen molar-refractivity contribution in [1.82, 2.24) is 0 Å². The Kier molecular flexibility index (Phi) is 9.02. The average Bonchev–Trinajstić information content (AvgIpc) is 2.32. The maximum Gasteiger partial charge on any atom is 0.0861 e. The summed E-state index contributed by atoms with van der Waals surface area (Å²) in [5.74, 6) is 0. The highest BCUT2D eigenvalue weighted by Gasteiger charge is 2.29. The normalized spacial score (nSPS) is 14.1. The summed E-state index contributed by atoms with van der Waals surface area (Å²) >= 11 is 0. The molecule has 0 rings (SSSR count). The molecule has 0 aromatic carbocycles. The zero-order valence-corrected chi connectivity index (χ0v) is 12.4. The lowest BCUT2D eigenvalue weighted by atomic mass is 10.1. The Bertz CT molecular complexity index is 150. The number of unbranched alkanes of at least 4 members (excludes halogenated alkanes) is 3. The molecule has 0 aliphatic heterocycles. The third-order valence-corrected chi connectivity index (χ3v) is 4.38. The maximum atomic E-state index is 2.47. The molecule has 0 spiro atoms. The summed E-state index contributed by atoms with van der Waals surface area (Å²) in [6.07, 6.45) is 8.30. The van der Waals surface area contributed by atoms with E-state index in [1.165, 1.54) is 62.6 Å². The van der Waals surface area contributed by atoms with Gasteiger partial charge in [-0.1, -0.05) is 26.7 Å². The summed E-state index contributed by atoms with van der Waals surface area (Å²) < 4.78 is 1.35. The van der Waals surface area contributed by atoms with Crippen molar-refractivity contribution in [3.63, 3.8) is 0 Å². The molecule has 98 valence electrons. The molecule has 1 nitrogen and oxygen atoms in total. The van der Waals surface area contributed by atoms with Gasteiger partial charge in [-0.05, 0) is 46.5 Å². The molecular formula is C15H34N+. The van der Waals surface area contributed by atoms with Gasteiger partial charge in [-0.15, -0.1) is 0 Å². The summed E-state index contributed by atoms with van der Waals surface area (Å²) in [5, 5.41) is 0. The first kappa shape index (κ1) is 16.0. The Morgan fingerprint density at radius 3 is 1.81 bits per heavy atom. The van der Waals surface area contributed by atoms with Crippen LogP contribution >= 0.6 is 0 Å². The molecule has 1 atom stereocenters. The van der Waals surface area contributed by atoms with Crippen LogP contribution in [0.1, 0.15) is 73.1 Å². The van der Waals surface area contributed by atoms with Gasteiger partial charge in [-0.3, -0.25) is 0 Å². The van der Waals surface area contributed by atoms with Crippen LogP contribution in [0.15, 0.2) is 0 Å². The van der Waals surface area contributed by atoms with Crippen LogP contribution in [0.3, 0.4) is 0 Å². The average molecular weight is 228 g/mol. The van der Waals surface area contributed by atoms with Crippen molar-refractivity contribution in [3.8, 4) is 0 Å². The highest BCUT2D eigenvalue weighted by atomic mass is 15.4. The fraction of sp³-hybridized carbons (Fsp3) is 1.00. The van der Waals surface area contributed by atoms with Crippen LogP contribution in [0.4, 0.5) is 0 Å². The highest BCUT2D eigenvalue weighted by molar-refractivity contribution is 4.55. The van der Waals surface area contributed by atoms with Gasteiger partial charge in [0.15, 0.2) is 0 Å². The molecule has 0 amide bonds. The van der Waals surface area contributed by atoms with Crippen LogP contribution in [0.5, 0.6) is 0 Å². The lowest BCUT2D eigenvalue weighted by Gasteiger charge is -2.42. The fourth-order valence-corrected chi connectivity index (χ4v) is 2.83. The number of nitrogens with zero attached hydrogens (tertiary/aromatic N) is 1. The van der Waals surface area contributed by atoms with Crippen LogP contribution < -0.4 is 0 Å². The molecule has 16 heavy (non-hydrogen) atoms. The molecular weight excluding hydrogens is 194 g/mol. The van der Waals surface area contributed by atoms with E-state index in [9.17, 15) is 0 Å². The van der Waals surface area contributed by atoms with E-state index in [1.807, 2.05) is 0 Å². The summed E-state index contributed by atoms with van der Waals surface area (Å²) in [6.45, 7) is 15.8. The molecule has 0 radical (unpaired) electrons. The quantitative estimate of drug-likeness (QED) is 0.378. The third kappa shape index (κ3) is 4.86. The molecule has 0 aliphatic carbocycles. The molecule has 0 fully saturated rings. The van der Waals surface area contributed by atoms with Crippen molar-refractivity contribution in [1.29, 1.82) is 0 Å². The topological polar surface area (TPSA) is 0 Å². The number of hydrogen-bond acceptors (Lipinski definition) is 0. The van der Waals surface area contributed by atoms with Gasteiger partial charge in [0.1, 0.15) is 0 Å². The molecule has 0 saturated carbocycles. The van der Waals surface area contributed by atoms with Crippen molar-refractivity contribution in [2.24, 2.45) is 0 Å². The van der Waals surface area contributed by atoms with Crippen molar-refractivity contribution in [2.45, 2.75) is 79.2 Å². The highest BCUT2D eigenvalue weighted by Crippen LogP contribution is 2.20. The van der Waals surface area contributed by atoms with E-state index >= 15 is 0 Å². The molecule has 0 aliphatic rings. The van der Waals surface area contributed by atoms with Crippen LogP contribution in [-0.2, 0) is 0 Å². The predicted octanol–water partition coefficient (Wildman–Crippen LogP) is 4.61. The number of quaternary nitrogens is 1. The van der Waals surface area contributed by atoms with Crippen LogP contribution in [0.2, 0.25) is 0 Å². The first-order valence-corrected chi connectivity index (χ1v) is 7.52. The van der Waals surface area contributed by atoms with Crippen LogP contribution in [0, 0.1) is 0 Å². The Morgan fingerprint density at radius 2 is 1.38 bits per heavy atom. The van der Waals surface area contributed by atoms with E-state index in [-0.39, 0.29) is 0 Å². The molecule has 0 heterocycles. The minimum absolute atomic E-state index is 0.854. The lowest BCUT2D eigenvalue weighted by Crippen LogP contribution is -2.54. The van der Waals surface area contributed by atoms with Crippen LogP contribution in [-0.4, -0.2) is 30.2 Å². The van der Waals surface area contributed by atoms with E-state index in [1.54, 1.807) is 0 Å². The molecule has 0 N–H and O–H groups in total. The van der Waals surface area contributed by atoms with Gasteiger partial charge in [0.05, 0.1) is 25.7 Å². The summed E-state index contributed by atoms with van der Waals surface area (Å²) in [5.41, 5.74) is 0. The molecule has 0 aromatic rings. The van der Waals surface area contributed by atoms with Gasteiger partial charge in [-0.25, -0.2) is 0 Å². The summed E-state index contributed by atoms with van der Waals surface area (Å²) in [6, 6.07) is 0.854. The van der Waals surface area contributed by atoms with E-state index in [0.717, 1.165) is 6.04 Å². The Balaban J connectivity index is 4.28. The Morgan fingerprint density at radius 1 is 0.812 bits per heavy atom. The fourth-order valence-electron chi connectivity index (χ4n) is 2.83. The maximum absolute atomic E-state index is 2.47. The molecule has 1 heteroatoms. The standard InChI is InChI=1S/C15H34N/c1-6-10-12-14-16(8-3,9-4)15(5)13-11-7-2/h15H,6-14H2,1-5H3/q+1. The summed E-state index contributed by atoms with van der Waals surface area (Å²) in [7, 11) is 0. The molecule has 0 aromatic heterocycles. The van der Waals surface area contributed by atoms with Gasteiger partial charge in [0.2, 0.25) is 0 Å². The largest absolute Gasteiger partial charge is 0.322 e. The summed E-state index contributed by atoms with van der Waals surface area (Å²) in [4.78, 5) is 0. The smallest absolute Gasteiger partial charge is 0.0861 e. The number of rotatable bonds is 10. The predicted molar refractivity (Wildman–Crippen MR) is 74.7 cm³/mol. The Hall–Kier alpha value is -0.0400. The van der Waals surface area contributed by atoms with Crippen molar-refractivity contribution in [2.75, 3.05) is 19.6 Å². The van der Waals surface area contributed by atoms with Gasteiger partial charge in [0.25, 0.3) is 0 Å². The molecule has 0 bridgehead atoms. The third-order valence-electron chi connectivity index (χ3n) is 4.38. The minimum atomic E-state index is 0.854. The van der Waals surface area contributed by atoms with Gasteiger partial charge in [0, 0.05) is 0 Å². The van der Waals surface area contributed by atoms with Crippen molar-refractivity contribution >= 4 is 0 Å². The molecule has 1 unspecified atom stereocenters. The van der Waals surface area contributed by atoms with E-state index in [2.05, 4.69) is 34.6 Å². The zero-order valence-electron chi connectivity index (χ0n) is 12.4. The van der Waals surface area contributed by atoms with E-state index in [4.69, 9.17) is 0 Å². The Labute approximate surface area is 104 Å². The minimum Gasteiger partial charge on any atom is -0.322 e.